The summed E-state index contributed by atoms with van der Waals surface area (Å²) >= 11 is 10.4. The summed E-state index contributed by atoms with van der Waals surface area (Å²) < 4.78 is 2.53. The van der Waals surface area contributed by atoms with Gasteiger partial charge in [0.2, 0.25) is 5.95 Å². The van der Waals surface area contributed by atoms with E-state index in [2.05, 4.69) is 63.7 Å². The molecule has 0 radical (unpaired) electrons. The quantitative estimate of drug-likeness (QED) is 0.296. The Balaban J connectivity index is 1.34. The molecule has 0 atom stereocenters. The lowest BCUT2D eigenvalue weighted by Crippen LogP contribution is -2.42. The molecule has 1 saturated carbocycles. The Labute approximate surface area is 218 Å². The summed E-state index contributed by atoms with van der Waals surface area (Å²) in [6.45, 7) is 0. The third-order valence-corrected chi connectivity index (χ3v) is 7.36. The Morgan fingerprint density at radius 3 is 2.27 bits per heavy atom. The van der Waals surface area contributed by atoms with Crippen LogP contribution in [0.25, 0.3) is 10.9 Å². The molecule has 2 aromatic carbocycles. The van der Waals surface area contributed by atoms with E-state index in [-0.39, 0.29) is 18.1 Å². The fourth-order valence-electron chi connectivity index (χ4n) is 4.03. The topological polar surface area (TPSA) is 82.2 Å². The number of benzene rings is 2. The van der Waals surface area contributed by atoms with Gasteiger partial charge in [0.05, 0.1) is 11.2 Å². The van der Waals surface area contributed by atoms with E-state index in [0.717, 1.165) is 55.8 Å². The SMILES string of the molecule is CN(C)c1nc(N[C@H]2CC[C@@H](NC(=O)Nc3c(Br)cc(Br)cc3Br)CC2)nc2ccccc12. The van der Waals surface area contributed by atoms with Crippen LogP contribution in [0.1, 0.15) is 25.7 Å². The molecule has 174 valence electrons. The molecular weight excluding hydrogens is 616 g/mol. The minimum Gasteiger partial charge on any atom is -0.362 e. The summed E-state index contributed by atoms with van der Waals surface area (Å²) in [7, 11) is 3.98. The fraction of sp³-hybridized carbons (Fsp3) is 0.348. The van der Waals surface area contributed by atoms with Gasteiger partial charge in [0.1, 0.15) is 5.82 Å². The van der Waals surface area contributed by atoms with Crippen molar-refractivity contribution in [3.05, 3.63) is 49.8 Å². The van der Waals surface area contributed by atoms with Crippen molar-refractivity contribution in [1.82, 2.24) is 15.3 Å². The number of aromatic nitrogens is 2. The molecule has 3 aromatic rings. The second kappa shape index (κ2) is 10.6. The molecule has 0 spiro atoms. The first-order valence-corrected chi connectivity index (χ1v) is 13.1. The molecule has 10 heteroatoms. The number of halogens is 3. The second-order valence-corrected chi connectivity index (χ2v) is 10.9. The predicted octanol–water partition coefficient (Wildman–Crippen LogP) is 6.53. The highest BCUT2D eigenvalue weighted by molar-refractivity contribution is 9.11. The van der Waals surface area contributed by atoms with Crippen molar-refractivity contribution in [1.29, 1.82) is 0 Å². The van der Waals surface area contributed by atoms with Gasteiger partial charge < -0.3 is 20.9 Å². The molecule has 0 bridgehead atoms. The van der Waals surface area contributed by atoms with E-state index < -0.39 is 0 Å². The number of hydrogen-bond donors (Lipinski definition) is 3. The van der Waals surface area contributed by atoms with Gasteiger partial charge in [-0.15, -0.1) is 0 Å². The maximum atomic E-state index is 12.6. The van der Waals surface area contributed by atoms with Crippen molar-refractivity contribution < 1.29 is 4.79 Å². The highest BCUT2D eigenvalue weighted by Crippen LogP contribution is 2.34. The molecule has 7 nitrogen and oxygen atoms in total. The first kappa shape index (κ1) is 24.2. The Bertz CT molecular complexity index is 1140. The number of nitrogens with zero attached hydrogens (tertiary/aromatic N) is 3. The van der Waals surface area contributed by atoms with Crippen LogP contribution in [0.15, 0.2) is 49.8 Å². The van der Waals surface area contributed by atoms with Crippen LogP contribution in [0.5, 0.6) is 0 Å². The summed E-state index contributed by atoms with van der Waals surface area (Å²) in [4.78, 5) is 24.0. The van der Waals surface area contributed by atoms with E-state index in [1.165, 1.54) is 0 Å². The van der Waals surface area contributed by atoms with Crippen LogP contribution in [0, 0.1) is 0 Å². The van der Waals surface area contributed by atoms with Crippen LogP contribution < -0.4 is 20.9 Å². The van der Waals surface area contributed by atoms with Crippen molar-refractivity contribution in [3.63, 3.8) is 0 Å². The number of urea groups is 1. The lowest BCUT2D eigenvalue weighted by atomic mass is 9.91. The van der Waals surface area contributed by atoms with Crippen LogP contribution >= 0.6 is 47.8 Å². The zero-order valence-electron chi connectivity index (χ0n) is 18.3. The van der Waals surface area contributed by atoms with E-state index in [4.69, 9.17) is 9.97 Å². The first-order chi connectivity index (χ1) is 15.8. The monoisotopic (exact) mass is 638 g/mol. The molecule has 0 aliphatic heterocycles. The molecular formula is C23H25Br3N6O. The average molecular weight is 641 g/mol. The molecule has 4 rings (SSSR count). The molecule has 1 aliphatic rings. The number of hydrogen-bond acceptors (Lipinski definition) is 5. The molecule has 0 saturated heterocycles. The first-order valence-electron chi connectivity index (χ1n) is 10.7. The Morgan fingerprint density at radius 1 is 0.970 bits per heavy atom. The van der Waals surface area contributed by atoms with Crippen LogP contribution in [0.3, 0.4) is 0 Å². The standard InChI is InChI=1S/C23H25Br3N6O/c1-32(2)21-16-5-3-4-6-19(16)29-22(31-21)27-14-7-9-15(10-8-14)28-23(33)30-20-17(25)11-13(24)12-18(20)26/h3-6,11-12,14-15H,7-10H2,1-2H3,(H,27,29,31)(H2,28,30,33)/t14-,15+. The normalized spacial score (nSPS) is 18.1. The summed E-state index contributed by atoms with van der Waals surface area (Å²) in [5, 5.41) is 10.6. The molecule has 1 heterocycles. The lowest BCUT2D eigenvalue weighted by Gasteiger charge is -2.30. The van der Waals surface area contributed by atoms with Gasteiger partial charge in [-0.2, -0.15) is 4.98 Å². The summed E-state index contributed by atoms with van der Waals surface area (Å²) in [6, 6.07) is 12.0. The minimum atomic E-state index is -0.205. The van der Waals surface area contributed by atoms with Crippen molar-refractivity contribution in [2.45, 2.75) is 37.8 Å². The van der Waals surface area contributed by atoms with Crippen LogP contribution in [0.4, 0.5) is 22.2 Å². The van der Waals surface area contributed by atoms with Crippen molar-refractivity contribution in [2.24, 2.45) is 0 Å². The molecule has 2 amide bonds. The lowest BCUT2D eigenvalue weighted by molar-refractivity contribution is 0.243. The van der Waals surface area contributed by atoms with E-state index >= 15 is 0 Å². The molecule has 3 N–H and O–H groups in total. The van der Waals surface area contributed by atoms with E-state index in [1.807, 2.05) is 55.4 Å². The van der Waals surface area contributed by atoms with Crippen molar-refractivity contribution in [2.75, 3.05) is 29.6 Å². The zero-order chi connectivity index (χ0) is 23.5. The van der Waals surface area contributed by atoms with E-state index in [0.29, 0.717) is 11.6 Å². The number of carbonyl (C=O) groups excluding carboxylic acids is 1. The van der Waals surface area contributed by atoms with Gasteiger partial charge >= 0.3 is 6.03 Å². The number of amides is 2. The third-order valence-electron chi connectivity index (χ3n) is 5.65. The van der Waals surface area contributed by atoms with Gasteiger partial charge in [-0.3, -0.25) is 0 Å². The largest absolute Gasteiger partial charge is 0.362 e. The Kier molecular flexibility index (Phi) is 7.76. The highest BCUT2D eigenvalue weighted by Gasteiger charge is 2.24. The maximum absolute atomic E-state index is 12.6. The smallest absolute Gasteiger partial charge is 0.319 e. The van der Waals surface area contributed by atoms with Crippen molar-refractivity contribution in [3.8, 4) is 0 Å². The number of anilines is 3. The zero-order valence-corrected chi connectivity index (χ0v) is 23.1. The number of nitrogens with one attached hydrogen (secondary N) is 3. The van der Waals surface area contributed by atoms with Gasteiger partial charge in [0.15, 0.2) is 0 Å². The van der Waals surface area contributed by atoms with Gasteiger partial charge in [0.25, 0.3) is 0 Å². The second-order valence-electron chi connectivity index (χ2n) is 8.32. The molecule has 1 fully saturated rings. The molecule has 33 heavy (non-hydrogen) atoms. The number of fused-ring (bicyclic) bond motifs is 1. The minimum absolute atomic E-state index is 0.130. The number of carbonyl (C=O) groups is 1. The van der Waals surface area contributed by atoms with E-state index in [1.54, 1.807) is 0 Å². The summed E-state index contributed by atoms with van der Waals surface area (Å²) in [5.74, 6) is 1.55. The molecule has 1 aromatic heterocycles. The maximum Gasteiger partial charge on any atom is 0.319 e. The van der Waals surface area contributed by atoms with Crippen LogP contribution in [0.2, 0.25) is 0 Å². The Morgan fingerprint density at radius 2 is 1.61 bits per heavy atom. The van der Waals surface area contributed by atoms with Gasteiger partial charge in [0, 0.05) is 45.0 Å². The Hall–Kier alpha value is -1.91. The van der Waals surface area contributed by atoms with Crippen molar-refractivity contribution >= 4 is 82.2 Å². The van der Waals surface area contributed by atoms with Gasteiger partial charge in [-0.05, 0) is 81.8 Å². The van der Waals surface area contributed by atoms with Crippen LogP contribution in [-0.2, 0) is 0 Å². The third kappa shape index (κ3) is 5.96. The van der Waals surface area contributed by atoms with E-state index in [9.17, 15) is 4.79 Å². The summed E-state index contributed by atoms with van der Waals surface area (Å²) in [6.07, 6.45) is 3.65. The highest BCUT2D eigenvalue weighted by atomic mass is 79.9. The molecule has 1 aliphatic carbocycles. The molecule has 0 unspecified atom stereocenters. The van der Waals surface area contributed by atoms with Gasteiger partial charge in [-0.1, -0.05) is 28.1 Å². The number of para-hydroxylation sites is 1. The number of rotatable bonds is 5. The van der Waals surface area contributed by atoms with Crippen LogP contribution in [-0.4, -0.2) is 42.2 Å². The summed E-state index contributed by atoms with van der Waals surface area (Å²) in [5.41, 5.74) is 1.63. The predicted molar refractivity (Wildman–Crippen MR) is 145 cm³/mol. The average Bonchev–Trinajstić information content (AvgIpc) is 2.77. The van der Waals surface area contributed by atoms with Gasteiger partial charge in [-0.25, -0.2) is 9.78 Å². The fourth-order valence-corrected chi connectivity index (χ4v) is 6.48.